The Morgan fingerprint density at radius 2 is 2.25 bits per heavy atom. The van der Waals surface area contributed by atoms with Crippen molar-refractivity contribution in [3.05, 3.63) is 16.6 Å². The lowest BCUT2D eigenvalue weighted by molar-refractivity contribution is -0.149. The van der Waals surface area contributed by atoms with E-state index in [2.05, 4.69) is 10.3 Å². The predicted octanol–water partition coefficient (Wildman–Crippen LogP) is 2.12. The fourth-order valence-corrected chi connectivity index (χ4v) is 2.19. The number of rotatable bonds is 7. The highest BCUT2D eigenvalue weighted by Gasteiger charge is 2.34. The lowest BCUT2D eigenvalue weighted by Gasteiger charge is -2.26. The SMILES string of the molecule is CCC(CC)(CNCc1cscn1)C(=O)O. The van der Waals surface area contributed by atoms with E-state index in [1.807, 2.05) is 19.2 Å². The van der Waals surface area contributed by atoms with Gasteiger partial charge in [0, 0.05) is 18.5 Å². The number of aromatic nitrogens is 1. The van der Waals surface area contributed by atoms with Crippen molar-refractivity contribution in [1.29, 1.82) is 0 Å². The first-order chi connectivity index (χ1) is 7.64. The number of nitrogens with one attached hydrogen (secondary N) is 1. The molecule has 0 aliphatic heterocycles. The molecule has 0 fully saturated rings. The Morgan fingerprint density at radius 1 is 1.56 bits per heavy atom. The third kappa shape index (κ3) is 3.02. The summed E-state index contributed by atoms with van der Waals surface area (Å²) in [5.74, 6) is -0.719. The van der Waals surface area contributed by atoms with Gasteiger partial charge in [-0.25, -0.2) is 4.98 Å². The number of carbonyl (C=O) groups is 1. The smallest absolute Gasteiger partial charge is 0.310 e. The normalized spacial score (nSPS) is 11.6. The number of carboxylic acid groups (broad SMARTS) is 1. The molecule has 0 amide bonds. The summed E-state index contributed by atoms with van der Waals surface area (Å²) in [6, 6.07) is 0. The minimum absolute atomic E-state index is 0.493. The number of thiazole rings is 1. The maximum Gasteiger partial charge on any atom is 0.310 e. The van der Waals surface area contributed by atoms with E-state index in [1.54, 1.807) is 16.8 Å². The Balaban J connectivity index is 2.47. The summed E-state index contributed by atoms with van der Waals surface area (Å²) in [4.78, 5) is 15.4. The maximum atomic E-state index is 11.2. The molecule has 4 nitrogen and oxygen atoms in total. The Morgan fingerprint density at radius 3 is 2.69 bits per heavy atom. The van der Waals surface area contributed by atoms with Crippen molar-refractivity contribution in [2.45, 2.75) is 33.2 Å². The first-order valence-corrected chi connectivity index (χ1v) is 6.40. The molecule has 0 saturated carbocycles. The van der Waals surface area contributed by atoms with Crippen molar-refractivity contribution in [3.8, 4) is 0 Å². The summed E-state index contributed by atoms with van der Waals surface area (Å²) in [6.45, 7) is 4.97. The molecule has 1 aromatic heterocycles. The number of carboxylic acids is 1. The topological polar surface area (TPSA) is 62.2 Å². The summed E-state index contributed by atoms with van der Waals surface area (Å²) < 4.78 is 0. The average Bonchev–Trinajstić information content (AvgIpc) is 2.77. The second-order valence-corrected chi connectivity index (χ2v) is 4.59. The fraction of sp³-hybridized carbons (Fsp3) is 0.636. The molecular formula is C11H18N2O2S. The Labute approximate surface area is 99.7 Å². The van der Waals surface area contributed by atoms with E-state index in [0.717, 1.165) is 5.69 Å². The van der Waals surface area contributed by atoms with Gasteiger partial charge in [-0.1, -0.05) is 13.8 Å². The molecule has 0 aliphatic carbocycles. The van der Waals surface area contributed by atoms with Crippen molar-refractivity contribution in [2.24, 2.45) is 5.41 Å². The minimum Gasteiger partial charge on any atom is -0.481 e. The van der Waals surface area contributed by atoms with Gasteiger partial charge >= 0.3 is 5.97 Å². The van der Waals surface area contributed by atoms with Gasteiger partial charge in [0.15, 0.2) is 0 Å². The zero-order valence-electron chi connectivity index (χ0n) is 9.69. The number of hydrogen-bond acceptors (Lipinski definition) is 4. The van der Waals surface area contributed by atoms with Crippen LogP contribution >= 0.6 is 11.3 Å². The minimum atomic E-state index is -0.719. The molecule has 0 unspecified atom stereocenters. The van der Waals surface area contributed by atoms with Crippen LogP contribution < -0.4 is 5.32 Å². The van der Waals surface area contributed by atoms with Gasteiger partial charge in [-0.15, -0.1) is 11.3 Å². The third-order valence-electron chi connectivity index (χ3n) is 3.06. The van der Waals surface area contributed by atoms with Crippen LogP contribution in [0.1, 0.15) is 32.4 Å². The summed E-state index contributed by atoms with van der Waals surface area (Å²) in [7, 11) is 0. The van der Waals surface area contributed by atoms with Crippen LogP contribution in [-0.2, 0) is 11.3 Å². The second kappa shape index (κ2) is 5.96. The van der Waals surface area contributed by atoms with Gasteiger partial charge in [0.1, 0.15) is 0 Å². The number of nitrogens with zero attached hydrogens (tertiary/aromatic N) is 1. The fourth-order valence-electron chi connectivity index (χ4n) is 1.63. The largest absolute Gasteiger partial charge is 0.481 e. The highest BCUT2D eigenvalue weighted by molar-refractivity contribution is 7.07. The first kappa shape index (κ1) is 13.1. The Hall–Kier alpha value is -0.940. The van der Waals surface area contributed by atoms with Crippen LogP contribution in [0.5, 0.6) is 0 Å². The maximum absolute atomic E-state index is 11.2. The van der Waals surface area contributed by atoms with Crippen molar-refractivity contribution in [1.82, 2.24) is 10.3 Å². The molecule has 0 atom stereocenters. The second-order valence-electron chi connectivity index (χ2n) is 3.88. The zero-order chi connectivity index (χ0) is 12.0. The van der Waals surface area contributed by atoms with Gasteiger partial charge < -0.3 is 10.4 Å². The monoisotopic (exact) mass is 242 g/mol. The Kier molecular flexibility index (Phi) is 4.89. The van der Waals surface area contributed by atoms with Crippen LogP contribution in [0.3, 0.4) is 0 Å². The number of aliphatic carboxylic acids is 1. The van der Waals surface area contributed by atoms with Gasteiger partial charge in [-0.2, -0.15) is 0 Å². The first-order valence-electron chi connectivity index (χ1n) is 5.46. The lowest BCUT2D eigenvalue weighted by atomic mass is 9.82. The molecule has 90 valence electrons. The van der Waals surface area contributed by atoms with E-state index in [0.29, 0.717) is 25.9 Å². The molecule has 1 aromatic rings. The molecule has 1 heterocycles. The van der Waals surface area contributed by atoms with Crippen LogP contribution in [0.15, 0.2) is 10.9 Å². The van der Waals surface area contributed by atoms with E-state index >= 15 is 0 Å². The molecule has 2 N–H and O–H groups in total. The van der Waals surface area contributed by atoms with Gasteiger partial charge in [0.2, 0.25) is 0 Å². The number of hydrogen-bond donors (Lipinski definition) is 2. The van der Waals surface area contributed by atoms with Gasteiger partial charge in [-0.05, 0) is 12.8 Å². The highest BCUT2D eigenvalue weighted by atomic mass is 32.1. The van der Waals surface area contributed by atoms with Gasteiger partial charge in [-0.3, -0.25) is 4.79 Å². The molecule has 0 aliphatic rings. The molecule has 0 spiro atoms. The standard InChI is InChI=1S/C11H18N2O2S/c1-3-11(4-2,10(14)15)7-12-5-9-6-16-8-13-9/h6,8,12H,3-5,7H2,1-2H3,(H,14,15). The van der Waals surface area contributed by atoms with Crippen molar-refractivity contribution >= 4 is 17.3 Å². The molecule has 0 bridgehead atoms. The zero-order valence-corrected chi connectivity index (χ0v) is 10.5. The summed E-state index contributed by atoms with van der Waals surface area (Å²) in [5.41, 5.74) is 2.11. The van der Waals surface area contributed by atoms with E-state index in [1.165, 1.54) is 0 Å². The molecule has 0 radical (unpaired) electrons. The van der Waals surface area contributed by atoms with Crippen LogP contribution in [0.25, 0.3) is 0 Å². The quantitative estimate of drug-likeness (QED) is 0.769. The molecule has 1 rings (SSSR count). The van der Waals surface area contributed by atoms with E-state index in [9.17, 15) is 9.90 Å². The molecule has 0 aromatic carbocycles. The molecular weight excluding hydrogens is 224 g/mol. The van der Waals surface area contributed by atoms with Crippen LogP contribution in [0, 0.1) is 5.41 Å². The molecule has 16 heavy (non-hydrogen) atoms. The summed E-state index contributed by atoms with van der Waals surface area (Å²) in [5, 5.41) is 14.4. The van der Waals surface area contributed by atoms with Crippen molar-refractivity contribution < 1.29 is 9.90 Å². The summed E-state index contributed by atoms with van der Waals surface area (Å²) >= 11 is 1.55. The predicted molar refractivity (Wildman–Crippen MR) is 64.5 cm³/mol. The highest BCUT2D eigenvalue weighted by Crippen LogP contribution is 2.25. The molecule has 0 saturated heterocycles. The van der Waals surface area contributed by atoms with Gasteiger partial charge in [0.05, 0.1) is 16.6 Å². The molecule has 5 heteroatoms. The summed E-state index contributed by atoms with van der Waals surface area (Å²) in [6.07, 6.45) is 1.28. The van der Waals surface area contributed by atoms with Crippen LogP contribution in [-0.4, -0.2) is 22.6 Å². The van der Waals surface area contributed by atoms with Crippen molar-refractivity contribution in [2.75, 3.05) is 6.54 Å². The lowest BCUT2D eigenvalue weighted by Crippen LogP contribution is -2.40. The van der Waals surface area contributed by atoms with Crippen LogP contribution in [0.4, 0.5) is 0 Å². The average molecular weight is 242 g/mol. The van der Waals surface area contributed by atoms with Gasteiger partial charge in [0.25, 0.3) is 0 Å². The van der Waals surface area contributed by atoms with E-state index in [-0.39, 0.29) is 0 Å². The van der Waals surface area contributed by atoms with Crippen LogP contribution in [0.2, 0.25) is 0 Å². The third-order valence-corrected chi connectivity index (χ3v) is 3.70. The van der Waals surface area contributed by atoms with E-state index < -0.39 is 11.4 Å². The van der Waals surface area contributed by atoms with E-state index in [4.69, 9.17) is 0 Å². The van der Waals surface area contributed by atoms with Crippen molar-refractivity contribution in [3.63, 3.8) is 0 Å². The Bertz CT molecular complexity index is 321.